The Morgan fingerprint density at radius 1 is 1.33 bits per heavy atom. The van der Waals surface area contributed by atoms with Crippen molar-refractivity contribution in [2.24, 2.45) is 0 Å². The van der Waals surface area contributed by atoms with E-state index in [2.05, 4.69) is 31.4 Å². The molecule has 21 heavy (non-hydrogen) atoms. The third-order valence-corrected chi connectivity index (χ3v) is 3.31. The summed E-state index contributed by atoms with van der Waals surface area (Å²) in [6.07, 6.45) is -3.19. The number of aromatic nitrogens is 2. The number of halogens is 4. The van der Waals surface area contributed by atoms with Gasteiger partial charge in [0.2, 0.25) is 11.7 Å². The predicted octanol–water partition coefficient (Wildman–Crippen LogP) is 3.67. The van der Waals surface area contributed by atoms with Gasteiger partial charge in [-0.1, -0.05) is 21.1 Å². The van der Waals surface area contributed by atoms with Gasteiger partial charge in [0.1, 0.15) is 0 Å². The fourth-order valence-corrected chi connectivity index (χ4v) is 2.19. The number of nitrogens with one attached hydrogen (secondary N) is 1. The van der Waals surface area contributed by atoms with E-state index < -0.39 is 11.7 Å². The maximum atomic E-state index is 13.1. The molecule has 0 saturated heterocycles. The van der Waals surface area contributed by atoms with Gasteiger partial charge in [0.25, 0.3) is 0 Å². The van der Waals surface area contributed by atoms with Gasteiger partial charge in [-0.3, -0.25) is 0 Å². The fraction of sp³-hybridized carbons (Fsp3) is 0.385. The van der Waals surface area contributed by atoms with Crippen LogP contribution >= 0.6 is 15.9 Å². The fourth-order valence-electron chi connectivity index (χ4n) is 1.83. The van der Waals surface area contributed by atoms with Crippen molar-refractivity contribution in [3.05, 3.63) is 34.1 Å². The molecule has 2 rings (SSSR count). The van der Waals surface area contributed by atoms with Crippen LogP contribution < -0.4 is 5.32 Å². The minimum Gasteiger partial charge on any atom is -0.339 e. The Kier molecular flexibility index (Phi) is 5.00. The van der Waals surface area contributed by atoms with E-state index >= 15 is 0 Å². The molecule has 0 fully saturated rings. The van der Waals surface area contributed by atoms with Crippen LogP contribution in [0.2, 0.25) is 0 Å². The molecule has 0 aliphatic heterocycles. The molecule has 0 saturated carbocycles. The van der Waals surface area contributed by atoms with E-state index in [1.807, 2.05) is 7.05 Å². The van der Waals surface area contributed by atoms with Crippen LogP contribution in [0.25, 0.3) is 11.4 Å². The molecule has 8 heteroatoms. The zero-order valence-electron chi connectivity index (χ0n) is 11.2. The second-order valence-electron chi connectivity index (χ2n) is 4.41. The van der Waals surface area contributed by atoms with Crippen molar-refractivity contribution in [3.8, 4) is 11.4 Å². The lowest BCUT2D eigenvalue weighted by Gasteiger charge is -2.10. The van der Waals surface area contributed by atoms with E-state index in [1.54, 1.807) is 0 Å². The van der Waals surface area contributed by atoms with E-state index in [9.17, 15) is 13.2 Å². The van der Waals surface area contributed by atoms with Crippen molar-refractivity contribution in [2.75, 3.05) is 13.6 Å². The molecule has 2 aromatic rings. The first-order valence-corrected chi connectivity index (χ1v) is 7.05. The standard InChI is InChI=1S/C13H13BrF3N3O/c1-18-6-2-3-11-19-12(20-21-11)9-5-4-8(14)7-10(9)13(15,16)17/h4-5,7,18H,2-3,6H2,1H3. The molecule has 4 nitrogen and oxygen atoms in total. The summed E-state index contributed by atoms with van der Waals surface area (Å²) in [5, 5.41) is 6.62. The van der Waals surface area contributed by atoms with Crippen molar-refractivity contribution in [3.63, 3.8) is 0 Å². The molecule has 1 N–H and O–H groups in total. The van der Waals surface area contributed by atoms with E-state index in [-0.39, 0.29) is 11.4 Å². The van der Waals surface area contributed by atoms with Crippen LogP contribution in [-0.2, 0) is 12.6 Å². The topological polar surface area (TPSA) is 51.0 Å². The third-order valence-electron chi connectivity index (χ3n) is 2.81. The smallest absolute Gasteiger partial charge is 0.339 e. The van der Waals surface area contributed by atoms with Gasteiger partial charge in [-0.15, -0.1) is 0 Å². The molecule has 1 heterocycles. The Balaban J connectivity index is 2.30. The van der Waals surface area contributed by atoms with E-state index in [1.165, 1.54) is 12.1 Å². The molecular formula is C13H13BrF3N3O. The molecule has 114 valence electrons. The van der Waals surface area contributed by atoms with E-state index in [4.69, 9.17) is 4.52 Å². The number of alkyl halides is 3. The highest BCUT2D eigenvalue weighted by Gasteiger charge is 2.35. The first-order valence-electron chi connectivity index (χ1n) is 6.26. The normalized spacial score (nSPS) is 11.9. The summed E-state index contributed by atoms with van der Waals surface area (Å²) in [4.78, 5) is 4.04. The van der Waals surface area contributed by atoms with Crippen LogP contribution in [0, 0.1) is 0 Å². The van der Waals surface area contributed by atoms with Crippen LogP contribution in [0.15, 0.2) is 27.2 Å². The van der Waals surface area contributed by atoms with E-state index in [0.29, 0.717) is 16.8 Å². The van der Waals surface area contributed by atoms with Gasteiger partial charge in [-0.25, -0.2) is 0 Å². The van der Waals surface area contributed by atoms with E-state index in [0.717, 1.165) is 19.0 Å². The predicted molar refractivity (Wildman–Crippen MR) is 74.7 cm³/mol. The second kappa shape index (κ2) is 6.57. The summed E-state index contributed by atoms with van der Waals surface area (Å²) in [6, 6.07) is 3.85. The van der Waals surface area contributed by atoms with Crippen LogP contribution in [0.4, 0.5) is 13.2 Å². The van der Waals surface area contributed by atoms with Crippen molar-refractivity contribution in [1.82, 2.24) is 15.5 Å². The number of nitrogens with zero attached hydrogens (tertiary/aromatic N) is 2. The maximum absolute atomic E-state index is 13.1. The molecule has 0 radical (unpaired) electrons. The highest BCUT2D eigenvalue weighted by molar-refractivity contribution is 9.10. The zero-order valence-corrected chi connectivity index (χ0v) is 12.8. The highest BCUT2D eigenvalue weighted by atomic mass is 79.9. The molecular weight excluding hydrogens is 351 g/mol. The van der Waals surface area contributed by atoms with Gasteiger partial charge in [-0.05, 0) is 38.2 Å². The van der Waals surface area contributed by atoms with Gasteiger partial charge in [0.15, 0.2) is 0 Å². The summed E-state index contributed by atoms with van der Waals surface area (Å²) in [6.45, 7) is 0.768. The summed E-state index contributed by atoms with van der Waals surface area (Å²) in [5.41, 5.74) is -0.881. The van der Waals surface area contributed by atoms with Gasteiger partial charge < -0.3 is 9.84 Å². The quantitative estimate of drug-likeness (QED) is 0.823. The van der Waals surface area contributed by atoms with Gasteiger partial charge in [0, 0.05) is 16.5 Å². The summed E-state index contributed by atoms with van der Waals surface area (Å²) >= 11 is 3.04. The largest absolute Gasteiger partial charge is 0.417 e. The Morgan fingerprint density at radius 3 is 2.76 bits per heavy atom. The molecule has 1 aromatic carbocycles. The van der Waals surface area contributed by atoms with Crippen molar-refractivity contribution in [2.45, 2.75) is 19.0 Å². The molecule has 0 aliphatic carbocycles. The minimum absolute atomic E-state index is 0.0470. The monoisotopic (exact) mass is 363 g/mol. The van der Waals surface area contributed by atoms with Crippen molar-refractivity contribution >= 4 is 15.9 Å². The first kappa shape index (κ1) is 16.0. The number of aryl methyl sites for hydroxylation is 1. The number of benzene rings is 1. The van der Waals surface area contributed by atoms with Crippen molar-refractivity contribution < 1.29 is 17.7 Å². The Bertz CT molecular complexity index is 613. The average molecular weight is 364 g/mol. The van der Waals surface area contributed by atoms with Crippen LogP contribution in [0.3, 0.4) is 0 Å². The summed E-state index contributed by atoms with van der Waals surface area (Å²) in [5.74, 6) is 0.283. The molecule has 0 spiro atoms. The Hall–Kier alpha value is -1.41. The van der Waals surface area contributed by atoms with Crippen LogP contribution in [0.1, 0.15) is 17.9 Å². The van der Waals surface area contributed by atoms with Gasteiger partial charge >= 0.3 is 6.18 Å². The molecule has 1 aromatic heterocycles. The number of hydrogen-bond acceptors (Lipinski definition) is 4. The third kappa shape index (κ3) is 4.04. The molecule has 0 unspecified atom stereocenters. The van der Waals surface area contributed by atoms with Gasteiger partial charge in [0.05, 0.1) is 5.56 Å². The lowest BCUT2D eigenvalue weighted by atomic mass is 10.1. The highest BCUT2D eigenvalue weighted by Crippen LogP contribution is 2.37. The Morgan fingerprint density at radius 2 is 2.10 bits per heavy atom. The summed E-state index contributed by atoms with van der Waals surface area (Å²) < 4.78 is 44.5. The molecule has 0 atom stereocenters. The lowest BCUT2D eigenvalue weighted by Crippen LogP contribution is -2.08. The van der Waals surface area contributed by atoms with Gasteiger partial charge in [-0.2, -0.15) is 18.2 Å². The lowest BCUT2D eigenvalue weighted by molar-refractivity contribution is -0.137. The Labute approximate surface area is 127 Å². The second-order valence-corrected chi connectivity index (χ2v) is 5.32. The average Bonchev–Trinajstić information content (AvgIpc) is 2.87. The summed E-state index contributed by atoms with van der Waals surface area (Å²) in [7, 11) is 1.82. The van der Waals surface area contributed by atoms with Crippen LogP contribution in [0.5, 0.6) is 0 Å². The number of rotatable bonds is 5. The first-order chi connectivity index (χ1) is 9.91. The van der Waals surface area contributed by atoms with Crippen molar-refractivity contribution in [1.29, 1.82) is 0 Å². The zero-order chi connectivity index (χ0) is 15.5. The molecule has 0 aliphatic rings. The molecule has 0 amide bonds. The SMILES string of the molecule is CNCCCc1nc(-c2ccc(Br)cc2C(F)(F)F)no1. The number of hydrogen-bond donors (Lipinski definition) is 1. The minimum atomic E-state index is -4.48. The maximum Gasteiger partial charge on any atom is 0.417 e. The van der Waals surface area contributed by atoms with Crippen LogP contribution in [-0.4, -0.2) is 23.7 Å². The molecule has 0 bridgehead atoms.